The molecule has 3 rings (SSSR count). The molecule has 0 aliphatic heterocycles. The van der Waals surface area contributed by atoms with Crippen LogP contribution in [-0.2, 0) is 0 Å². The summed E-state index contributed by atoms with van der Waals surface area (Å²) in [5, 5.41) is 13.7. The molecule has 2 atom stereocenters. The summed E-state index contributed by atoms with van der Waals surface area (Å²) >= 11 is 0. The lowest BCUT2D eigenvalue weighted by Gasteiger charge is -2.25. The van der Waals surface area contributed by atoms with Crippen LogP contribution in [0.25, 0.3) is 10.9 Å². The first-order valence-electron chi connectivity index (χ1n) is 7.67. The zero-order chi connectivity index (χ0) is 14.8. The number of fused-ring (bicyclic) bond motifs is 1. The number of H-pyrrole nitrogens is 1. The Labute approximate surface area is 124 Å². The molecule has 21 heavy (non-hydrogen) atoms. The Kier molecular flexibility index (Phi) is 3.97. The molecular weight excluding hydrogens is 264 g/mol. The second-order valence-corrected chi connectivity index (χ2v) is 6.17. The highest BCUT2D eigenvalue weighted by Crippen LogP contribution is 2.23. The molecule has 1 fully saturated rings. The van der Waals surface area contributed by atoms with Crippen molar-refractivity contribution < 1.29 is 9.90 Å². The minimum Gasteiger partial charge on any atom is -0.393 e. The molecule has 1 aliphatic carbocycles. The first-order chi connectivity index (χ1) is 10.1. The molecule has 1 aromatic heterocycles. The second-order valence-electron chi connectivity index (χ2n) is 6.17. The normalized spacial score (nSPS) is 22.4. The van der Waals surface area contributed by atoms with Gasteiger partial charge in [0.1, 0.15) is 5.69 Å². The average Bonchev–Trinajstić information content (AvgIpc) is 2.88. The highest BCUT2D eigenvalue weighted by Gasteiger charge is 2.21. The van der Waals surface area contributed by atoms with Gasteiger partial charge in [-0.2, -0.15) is 0 Å². The van der Waals surface area contributed by atoms with E-state index in [1.54, 1.807) is 0 Å². The Bertz CT molecular complexity index is 647. The smallest absolute Gasteiger partial charge is 0.267 e. The Morgan fingerprint density at radius 2 is 2.24 bits per heavy atom. The maximum atomic E-state index is 12.2. The number of aliphatic hydroxyl groups is 1. The van der Waals surface area contributed by atoms with Crippen molar-refractivity contribution >= 4 is 16.8 Å². The van der Waals surface area contributed by atoms with Crippen LogP contribution >= 0.6 is 0 Å². The number of nitrogens with one attached hydrogen (secondary N) is 2. The molecule has 0 spiro atoms. The van der Waals surface area contributed by atoms with E-state index in [-0.39, 0.29) is 12.0 Å². The van der Waals surface area contributed by atoms with Crippen LogP contribution in [-0.4, -0.2) is 28.6 Å². The molecule has 1 aliphatic rings. The zero-order valence-electron chi connectivity index (χ0n) is 12.4. The second kappa shape index (κ2) is 5.90. The van der Waals surface area contributed by atoms with E-state index in [2.05, 4.69) is 10.3 Å². The van der Waals surface area contributed by atoms with E-state index in [4.69, 9.17) is 0 Å². The Morgan fingerprint density at radius 1 is 1.38 bits per heavy atom. The van der Waals surface area contributed by atoms with Crippen LogP contribution < -0.4 is 5.32 Å². The first-order valence-corrected chi connectivity index (χ1v) is 7.67. The number of aliphatic hydroxyl groups excluding tert-OH is 1. The van der Waals surface area contributed by atoms with Gasteiger partial charge < -0.3 is 15.4 Å². The van der Waals surface area contributed by atoms with E-state index >= 15 is 0 Å². The molecule has 3 N–H and O–H groups in total. The third-order valence-corrected chi connectivity index (χ3v) is 4.33. The molecule has 0 radical (unpaired) electrons. The van der Waals surface area contributed by atoms with Crippen LogP contribution in [0.2, 0.25) is 0 Å². The average molecular weight is 286 g/mol. The number of aromatic amines is 1. The lowest BCUT2D eigenvalue weighted by molar-refractivity contribution is 0.0871. The van der Waals surface area contributed by atoms with Gasteiger partial charge in [0.05, 0.1) is 6.10 Å². The number of carbonyl (C=O) groups is 1. The highest BCUT2D eigenvalue weighted by molar-refractivity contribution is 5.98. The van der Waals surface area contributed by atoms with Crippen molar-refractivity contribution in [2.75, 3.05) is 6.54 Å². The van der Waals surface area contributed by atoms with Crippen molar-refractivity contribution in [3.8, 4) is 0 Å². The first kappa shape index (κ1) is 14.1. The summed E-state index contributed by atoms with van der Waals surface area (Å²) in [6.45, 7) is 2.68. The van der Waals surface area contributed by atoms with Gasteiger partial charge >= 0.3 is 0 Å². The Hall–Kier alpha value is -1.81. The Balaban J connectivity index is 1.63. The monoisotopic (exact) mass is 286 g/mol. The largest absolute Gasteiger partial charge is 0.393 e. The number of rotatable bonds is 3. The quantitative estimate of drug-likeness (QED) is 0.812. The number of aryl methyl sites for hydroxylation is 1. The SMILES string of the molecule is Cc1ccc2cc(C(=O)NCC3CCCC(O)C3)[nH]c2c1. The summed E-state index contributed by atoms with van der Waals surface area (Å²) < 4.78 is 0. The van der Waals surface area contributed by atoms with Gasteiger partial charge in [-0.05, 0) is 49.8 Å². The zero-order valence-corrected chi connectivity index (χ0v) is 12.4. The predicted octanol–water partition coefficient (Wildman–Crippen LogP) is 2.76. The lowest BCUT2D eigenvalue weighted by Crippen LogP contribution is -2.33. The summed E-state index contributed by atoms with van der Waals surface area (Å²) in [7, 11) is 0. The third-order valence-electron chi connectivity index (χ3n) is 4.33. The van der Waals surface area contributed by atoms with Gasteiger partial charge in [0.25, 0.3) is 5.91 Å². The molecule has 0 saturated heterocycles. The fourth-order valence-corrected chi connectivity index (χ4v) is 3.14. The molecule has 2 aromatic rings. The predicted molar refractivity (Wildman–Crippen MR) is 83.3 cm³/mol. The molecule has 112 valence electrons. The molecule has 1 amide bonds. The fourth-order valence-electron chi connectivity index (χ4n) is 3.14. The number of aromatic nitrogens is 1. The summed E-state index contributed by atoms with van der Waals surface area (Å²) in [6.07, 6.45) is 3.63. The molecule has 1 saturated carbocycles. The van der Waals surface area contributed by atoms with Crippen LogP contribution in [0.5, 0.6) is 0 Å². The summed E-state index contributed by atoms with van der Waals surface area (Å²) in [5.41, 5.74) is 2.77. The molecule has 1 aromatic carbocycles. The van der Waals surface area contributed by atoms with E-state index < -0.39 is 0 Å². The van der Waals surface area contributed by atoms with Gasteiger partial charge in [-0.25, -0.2) is 0 Å². The molecular formula is C17H22N2O2. The summed E-state index contributed by atoms with van der Waals surface area (Å²) in [5.74, 6) is 0.327. The summed E-state index contributed by atoms with van der Waals surface area (Å²) in [4.78, 5) is 15.4. The maximum Gasteiger partial charge on any atom is 0.267 e. The lowest BCUT2D eigenvalue weighted by atomic mass is 9.87. The van der Waals surface area contributed by atoms with Gasteiger partial charge in [0.15, 0.2) is 0 Å². The molecule has 4 nitrogen and oxygen atoms in total. The molecule has 2 unspecified atom stereocenters. The number of amides is 1. The van der Waals surface area contributed by atoms with Gasteiger partial charge in [-0.3, -0.25) is 4.79 Å². The molecule has 0 bridgehead atoms. The van der Waals surface area contributed by atoms with Gasteiger partial charge in [-0.1, -0.05) is 18.6 Å². The van der Waals surface area contributed by atoms with Crippen molar-refractivity contribution in [1.29, 1.82) is 0 Å². The standard InChI is InChI=1S/C17H22N2O2/c1-11-5-6-13-9-16(19-15(13)7-11)17(21)18-10-12-3-2-4-14(20)8-12/h5-7,9,12,14,19-20H,2-4,8,10H2,1H3,(H,18,21). The fraction of sp³-hybridized carbons (Fsp3) is 0.471. The summed E-state index contributed by atoms with van der Waals surface area (Å²) in [6, 6.07) is 8.00. The highest BCUT2D eigenvalue weighted by atomic mass is 16.3. The van der Waals surface area contributed by atoms with Crippen LogP contribution in [0.3, 0.4) is 0 Å². The van der Waals surface area contributed by atoms with Crippen molar-refractivity contribution in [2.24, 2.45) is 5.92 Å². The van der Waals surface area contributed by atoms with Crippen molar-refractivity contribution in [3.05, 3.63) is 35.5 Å². The van der Waals surface area contributed by atoms with Crippen molar-refractivity contribution in [3.63, 3.8) is 0 Å². The van der Waals surface area contributed by atoms with Crippen molar-refractivity contribution in [2.45, 2.75) is 38.7 Å². The van der Waals surface area contributed by atoms with Gasteiger partial charge in [-0.15, -0.1) is 0 Å². The van der Waals surface area contributed by atoms with E-state index in [0.29, 0.717) is 18.2 Å². The molecule has 4 heteroatoms. The van der Waals surface area contributed by atoms with Crippen LogP contribution in [0.15, 0.2) is 24.3 Å². The number of hydrogen-bond donors (Lipinski definition) is 3. The van der Waals surface area contributed by atoms with E-state index in [0.717, 1.165) is 36.6 Å². The number of carbonyl (C=O) groups excluding carboxylic acids is 1. The van der Waals surface area contributed by atoms with Gasteiger partial charge in [0.2, 0.25) is 0 Å². The van der Waals surface area contributed by atoms with E-state index in [1.807, 2.05) is 31.2 Å². The van der Waals surface area contributed by atoms with E-state index in [9.17, 15) is 9.90 Å². The number of hydrogen-bond acceptors (Lipinski definition) is 2. The minimum atomic E-state index is -0.197. The Morgan fingerprint density at radius 3 is 3.05 bits per heavy atom. The maximum absolute atomic E-state index is 12.2. The third kappa shape index (κ3) is 3.27. The molecule has 1 heterocycles. The van der Waals surface area contributed by atoms with Crippen molar-refractivity contribution in [1.82, 2.24) is 10.3 Å². The van der Waals surface area contributed by atoms with E-state index in [1.165, 1.54) is 5.56 Å². The van der Waals surface area contributed by atoms with Crippen LogP contribution in [0.4, 0.5) is 0 Å². The van der Waals surface area contributed by atoms with Crippen LogP contribution in [0, 0.1) is 12.8 Å². The topological polar surface area (TPSA) is 65.1 Å². The minimum absolute atomic E-state index is 0.0658. The van der Waals surface area contributed by atoms with Gasteiger partial charge in [0, 0.05) is 17.4 Å². The number of benzene rings is 1. The van der Waals surface area contributed by atoms with Crippen LogP contribution in [0.1, 0.15) is 41.7 Å².